The number of nitrogens with zero attached hydrogens (tertiary/aromatic N) is 1. The highest BCUT2D eigenvalue weighted by Crippen LogP contribution is 2.25. The average molecular weight is 245 g/mol. The molecule has 0 radical (unpaired) electrons. The molecule has 0 aliphatic heterocycles. The number of halogens is 2. The highest BCUT2D eigenvalue weighted by atomic mass is 35.5. The van der Waals surface area contributed by atoms with Crippen LogP contribution in [0.5, 0.6) is 0 Å². The standard InChI is InChI=1S/C9H10ClFN4O/c1-15(9(16)14-8(12)13)7-3-2-5(11)4-6(7)10/h2-4H,1H3,(H4,12,13,14,16). The van der Waals surface area contributed by atoms with E-state index in [9.17, 15) is 9.18 Å². The van der Waals surface area contributed by atoms with Crippen LogP contribution in [0.15, 0.2) is 18.2 Å². The quantitative estimate of drug-likeness (QED) is 0.517. The Morgan fingerprint density at radius 3 is 2.75 bits per heavy atom. The fraction of sp³-hybridized carbons (Fsp3) is 0.111. The number of hydrogen-bond donors (Lipinski definition) is 3. The van der Waals surface area contributed by atoms with Crippen LogP contribution in [0.2, 0.25) is 5.02 Å². The van der Waals surface area contributed by atoms with Crippen molar-refractivity contribution in [3.8, 4) is 0 Å². The normalized spacial score (nSPS) is 9.69. The minimum absolute atomic E-state index is 0.0983. The fourth-order valence-electron chi connectivity index (χ4n) is 1.06. The molecule has 0 spiro atoms. The summed E-state index contributed by atoms with van der Waals surface area (Å²) < 4.78 is 12.8. The largest absolute Gasteiger partial charge is 0.370 e. The third kappa shape index (κ3) is 2.83. The van der Waals surface area contributed by atoms with E-state index in [0.717, 1.165) is 11.0 Å². The van der Waals surface area contributed by atoms with E-state index < -0.39 is 17.8 Å². The van der Waals surface area contributed by atoms with Crippen LogP contribution in [-0.4, -0.2) is 19.0 Å². The number of benzene rings is 1. The van der Waals surface area contributed by atoms with Crippen molar-refractivity contribution in [2.24, 2.45) is 5.73 Å². The van der Waals surface area contributed by atoms with E-state index in [1.54, 1.807) is 0 Å². The van der Waals surface area contributed by atoms with Crippen molar-refractivity contribution >= 4 is 29.3 Å². The van der Waals surface area contributed by atoms with E-state index in [2.05, 4.69) is 5.32 Å². The van der Waals surface area contributed by atoms with Gasteiger partial charge in [0.05, 0.1) is 10.7 Å². The average Bonchev–Trinajstić information content (AvgIpc) is 2.15. The maximum absolute atomic E-state index is 12.8. The molecule has 0 heterocycles. The lowest BCUT2D eigenvalue weighted by molar-refractivity contribution is 0.251. The third-order valence-corrected chi connectivity index (χ3v) is 2.12. The van der Waals surface area contributed by atoms with Gasteiger partial charge >= 0.3 is 6.03 Å². The molecule has 0 unspecified atom stereocenters. The molecule has 0 aromatic heterocycles. The van der Waals surface area contributed by atoms with Crippen molar-refractivity contribution < 1.29 is 9.18 Å². The van der Waals surface area contributed by atoms with Crippen molar-refractivity contribution in [3.63, 3.8) is 0 Å². The summed E-state index contributed by atoms with van der Waals surface area (Å²) in [5.41, 5.74) is 5.32. The molecule has 0 fully saturated rings. The van der Waals surface area contributed by atoms with Crippen LogP contribution < -0.4 is 16.0 Å². The second-order valence-electron chi connectivity index (χ2n) is 3.00. The van der Waals surface area contributed by atoms with E-state index in [1.165, 1.54) is 19.2 Å². The highest BCUT2D eigenvalue weighted by molar-refractivity contribution is 6.33. The Labute approximate surface area is 96.5 Å². The zero-order chi connectivity index (χ0) is 12.3. The molecule has 0 saturated carbocycles. The first-order valence-corrected chi connectivity index (χ1v) is 4.63. The first-order chi connectivity index (χ1) is 7.41. The third-order valence-electron chi connectivity index (χ3n) is 1.82. The van der Waals surface area contributed by atoms with Crippen LogP contribution in [-0.2, 0) is 0 Å². The summed E-state index contributed by atoms with van der Waals surface area (Å²) in [4.78, 5) is 12.6. The number of anilines is 1. The summed E-state index contributed by atoms with van der Waals surface area (Å²) in [6.07, 6.45) is 0. The van der Waals surface area contributed by atoms with E-state index in [4.69, 9.17) is 22.7 Å². The molecule has 1 aromatic carbocycles. The summed E-state index contributed by atoms with van der Waals surface area (Å²) in [5, 5.41) is 9.07. The molecule has 16 heavy (non-hydrogen) atoms. The molecule has 0 aliphatic carbocycles. The predicted molar refractivity (Wildman–Crippen MR) is 60.3 cm³/mol. The van der Waals surface area contributed by atoms with E-state index >= 15 is 0 Å². The van der Waals surface area contributed by atoms with Crippen LogP contribution in [0, 0.1) is 11.2 Å². The molecule has 4 N–H and O–H groups in total. The van der Waals surface area contributed by atoms with Gasteiger partial charge in [0.1, 0.15) is 5.82 Å². The van der Waals surface area contributed by atoms with Gasteiger partial charge in [-0.1, -0.05) is 11.6 Å². The number of carbonyl (C=O) groups excluding carboxylic acids is 1. The van der Waals surface area contributed by atoms with Crippen LogP contribution in [0.3, 0.4) is 0 Å². The predicted octanol–water partition coefficient (Wildman–Crippen LogP) is 1.52. The Morgan fingerprint density at radius 2 is 2.25 bits per heavy atom. The summed E-state index contributed by atoms with van der Waals surface area (Å²) in [6.45, 7) is 0. The Bertz CT molecular complexity index is 438. The van der Waals surface area contributed by atoms with Gasteiger partial charge in [-0.3, -0.25) is 15.6 Å². The van der Waals surface area contributed by atoms with Gasteiger partial charge in [0.15, 0.2) is 5.96 Å². The maximum atomic E-state index is 12.8. The lowest BCUT2D eigenvalue weighted by Gasteiger charge is -2.18. The molecular formula is C9H10ClFN4O. The monoisotopic (exact) mass is 244 g/mol. The minimum atomic E-state index is -0.624. The summed E-state index contributed by atoms with van der Waals surface area (Å²) in [6, 6.07) is 3.01. The van der Waals surface area contributed by atoms with Gasteiger partial charge in [0, 0.05) is 7.05 Å². The molecule has 2 amide bonds. The zero-order valence-corrected chi connectivity index (χ0v) is 9.18. The maximum Gasteiger partial charge on any atom is 0.328 e. The SMILES string of the molecule is CN(C(=O)NC(=N)N)c1ccc(F)cc1Cl. The molecule has 0 aliphatic rings. The van der Waals surface area contributed by atoms with Gasteiger partial charge in [0.2, 0.25) is 0 Å². The smallest absolute Gasteiger partial charge is 0.328 e. The molecule has 0 saturated heterocycles. The Morgan fingerprint density at radius 1 is 1.62 bits per heavy atom. The van der Waals surface area contributed by atoms with E-state index in [-0.39, 0.29) is 5.02 Å². The van der Waals surface area contributed by atoms with Gasteiger partial charge in [-0.2, -0.15) is 0 Å². The second kappa shape index (κ2) is 4.80. The van der Waals surface area contributed by atoms with Crippen molar-refractivity contribution in [1.82, 2.24) is 5.32 Å². The number of hydrogen-bond acceptors (Lipinski definition) is 2. The number of urea groups is 1. The van der Waals surface area contributed by atoms with Gasteiger partial charge in [-0.25, -0.2) is 9.18 Å². The summed E-state index contributed by atoms with van der Waals surface area (Å²) in [5.74, 6) is -0.968. The van der Waals surface area contributed by atoms with Gasteiger partial charge in [-0.15, -0.1) is 0 Å². The van der Waals surface area contributed by atoms with Crippen molar-refractivity contribution in [3.05, 3.63) is 29.0 Å². The Hall–Kier alpha value is -1.82. The van der Waals surface area contributed by atoms with Crippen LogP contribution in [0.4, 0.5) is 14.9 Å². The summed E-state index contributed by atoms with van der Waals surface area (Å²) in [7, 11) is 1.43. The molecule has 1 aromatic rings. The van der Waals surface area contributed by atoms with Gasteiger partial charge in [0.25, 0.3) is 0 Å². The van der Waals surface area contributed by atoms with Crippen molar-refractivity contribution in [2.75, 3.05) is 11.9 Å². The number of nitrogens with two attached hydrogens (primary N) is 1. The van der Waals surface area contributed by atoms with Crippen LogP contribution in [0.1, 0.15) is 0 Å². The Kier molecular flexibility index (Phi) is 3.68. The number of carbonyl (C=O) groups is 1. The molecule has 1 rings (SSSR count). The number of nitrogens with one attached hydrogen (secondary N) is 2. The fourth-order valence-corrected chi connectivity index (χ4v) is 1.36. The van der Waals surface area contributed by atoms with Crippen LogP contribution >= 0.6 is 11.6 Å². The lowest BCUT2D eigenvalue weighted by Crippen LogP contribution is -2.43. The Balaban J connectivity index is 2.91. The molecule has 5 nitrogen and oxygen atoms in total. The minimum Gasteiger partial charge on any atom is -0.370 e. The van der Waals surface area contributed by atoms with E-state index in [1.807, 2.05) is 0 Å². The number of amides is 2. The first-order valence-electron chi connectivity index (χ1n) is 4.25. The van der Waals surface area contributed by atoms with Crippen molar-refractivity contribution in [1.29, 1.82) is 5.41 Å². The number of rotatable bonds is 1. The van der Waals surface area contributed by atoms with Crippen LogP contribution in [0.25, 0.3) is 0 Å². The number of guanidine groups is 1. The highest BCUT2D eigenvalue weighted by Gasteiger charge is 2.14. The second-order valence-corrected chi connectivity index (χ2v) is 3.41. The molecule has 86 valence electrons. The van der Waals surface area contributed by atoms with Gasteiger partial charge < -0.3 is 5.73 Å². The topological polar surface area (TPSA) is 82.2 Å². The lowest BCUT2D eigenvalue weighted by atomic mass is 10.3. The van der Waals surface area contributed by atoms with Gasteiger partial charge in [-0.05, 0) is 18.2 Å². The molecular weight excluding hydrogens is 235 g/mol. The van der Waals surface area contributed by atoms with Crippen molar-refractivity contribution in [2.45, 2.75) is 0 Å². The molecule has 7 heteroatoms. The summed E-state index contributed by atoms with van der Waals surface area (Å²) >= 11 is 5.76. The molecule has 0 bridgehead atoms. The van der Waals surface area contributed by atoms with E-state index in [0.29, 0.717) is 5.69 Å². The first kappa shape index (κ1) is 12.3. The zero-order valence-electron chi connectivity index (χ0n) is 8.42. The molecule has 0 atom stereocenters.